The SMILES string of the molecule is Cc1ccc(NC(=O)Cn2c3c(sc2=O)[C@H](c2ccc(F)cc2)C2C(=O)N(c4ccccc4C(F)(F)F)C(=O)C2S3)cc1. The molecule has 1 fully saturated rings. The summed E-state index contributed by atoms with van der Waals surface area (Å²) in [6.07, 6.45) is -4.84. The summed E-state index contributed by atoms with van der Waals surface area (Å²) < 4.78 is 56.8. The van der Waals surface area contributed by atoms with Crippen LogP contribution in [-0.2, 0) is 27.1 Å². The summed E-state index contributed by atoms with van der Waals surface area (Å²) in [5.41, 5.74) is 0.179. The third-order valence-electron chi connectivity index (χ3n) is 7.37. The maximum atomic E-state index is 13.9. The number of rotatable bonds is 5. The molecule has 3 amide bonds. The van der Waals surface area contributed by atoms with Gasteiger partial charge in [-0.05, 0) is 48.9 Å². The number of nitrogens with zero attached hydrogens (tertiary/aromatic N) is 2. The first-order valence-electron chi connectivity index (χ1n) is 13.0. The second-order valence-corrected chi connectivity index (χ2v) is 12.3. The molecule has 3 aromatic carbocycles. The van der Waals surface area contributed by atoms with E-state index < -0.39 is 69.5 Å². The Balaban J connectivity index is 1.43. The van der Waals surface area contributed by atoms with Crippen LogP contribution in [0.15, 0.2) is 82.6 Å². The number of aryl methyl sites for hydroxylation is 1. The molecule has 0 radical (unpaired) electrons. The quantitative estimate of drug-likeness (QED) is 0.223. The molecule has 2 aliphatic heterocycles. The highest BCUT2D eigenvalue weighted by atomic mass is 32.2. The molecule has 1 saturated heterocycles. The van der Waals surface area contributed by atoms with E-state index in [0.29, 0.717) is 21.0 Å². The van der Waals surface area contributed by atoms with Crippen LogP contribution in [0.1, 0.15) is 27.5 Å². The summed E-state index contributed by atoms with van der Waals surface area (Å²) in [5.74, 6) is -4.92. The lowest BCUT2D eigenvalue weighted by molar-refractivity contribution is -0.137. The smallest absolute Gasteiger partial charge is 0.325 e. The standard InChI is InChI=1S/C30H21F4N3O4S2/c1-15-6-12-18(13-7-15)35-21(38)14-36-28-25(43-29(36)41)22(16-8-10-17(31)11-9-16)23-24(42-28)27(40)37(26(23)39)20-5-3-2-4-19(20)30(32,33)34/h2-13,22-24H,14H2,1H3,(H,35,38)/t22-,23?,24?/m1/s1. The normalized spacial score (nSPS) is 19.7. The van der Waals surface area contributed by atoms with Crippen molar-refractivity contribution in [2.24, 2.45) is 5.92 Å². The van der Waals surface area contributed by atoms with Crippen LogP contribution in [-0.4, -0.2) is 27.5 Å². The molecule has 7 nitrogen and oxygen atoms in total. The van der Waals surface area contributed by atoms with Gasteiger partial charge >= 0.3 is 11.0 Å². The summed E-state index contributed by atoms with van der Waals surface area (Å²) in [4.78, 5) is 54.3. The van der Waals surface area contributed by atoms with Crippen molar-refractivity contribution in [3.8, 4) is 0 Å². The zero-order valence-electron chi connectivity index (χ0n) is 22.2. The lowest BCUT2D eigenvalue weighted by Gasteiger charge is -2.30. The molecule has 0 bridgehead atoms. The number of amides is 3. The fourth-order valence-corrected chi connectivity index (χ4v) is 8.18. The fraction of sp³-hybridized carbons (Fsp3) is 0.200. The van der Waals surface area contributed by atoms with Gasteiger partial charge in [-0.25, -0.2) is 9.29 Å². The van der Waals surface area contributed by atoms with Gasteiger partial charge in [-0.2, -0.15) is 13.2 Å². The Morgan fingerprint density at radius 2 is 1.60 bits per heavy atom. The minimum absolute atomic E-state index is 0.261. The van der Waals surface area contributed by atoms with Gasteiger partial charge in [0.1, 0.15) is 17.6 Å². The number of halogens is 4. The van der Waals surface area contributed by atoms with Gasteiger partial charge < -0.3 is 5.32 Å². The van der Waals surface area contributed by atoms with Crippen LogP contribution >= 0.6 is 23.1 Å². The first kappa shape index (κ1) is 28.9. The van der Waals surface area contributed by atoms with Crippen LogP contribution in [0.3, 0.4) is 0 Å². The first-order chi connectivity index (χ1) is 20.4. The largest absolute Gasteiger partial charge is 0.418 e. The molecule has 3 heterocycles. The van der Waals surface area contributed by atoms with Crippen molar-refractivity contribution in [3.63, 3.8) is 0 Å². The van der Waals surface area contributed by atoms with Crippen LogP contribution in [0.5, 0.6) is 0 Å². The number of aromatic nitrogens is 1. The number of carbonyl (C=O) groups is 3. The summed E-state index contributed by atoms with van der Waals surface area (Å²) in [5, 5.41) is 1.78. The molecular formula is C30H21F4N3O4S2. The molecule has 4 aromatic rings. The second kappa shape index (κ2) is 10.8. The Morgan fingerprint density at radius 3 is 2.28 bits per heavy atom. The predicted octanol–water partition coefficient (Wildman–Crippen LogP) is 5.81. The number of thiazole rings is 1. The van der Waals surface area contributed by atoms with Gasteiger partial charge in [0, 0.05) is 16.5 Å². The van der Waals surface area contributed by atoms with Crippen molar-refractivity contribution in [3.05, 3.63) is 110 Å². The van der Waals surface area contributed by atoms with Crippen LogP contribution in [0.2, 0.25) is 0 Å². The molecule has 3 atom stereocenters. The third kappa shape index (κ3) is 5.16. The third-order valence-corrected chi connectivity index (χ3v) is 9.97. The van der Waals surface area contributed by atoms with E-state index in [4.69, 9.17) is 0 Å². The number of hydrogen-bond donors (Lipinski definition) is 1. The lowest BCUT2D eigenvalue weighted by atomic mass is 9.83. The molecule has 220 valence electrons. The van der Waals surface area contributed by atoms with E-state index in [2.05, 4.69) is 5.32 Å². The van der Waals surface area contributed by atoms with Gasteiger partial charge in [-0.3, -0.25) is 23.7 Å². The van der Waals surface area contributed by atoms with Crippen LogP contribution in [0.4, 0.5) is 28.9 Å². The van der Waals surface area contributed by atoms with Crippen molar-refractivity contribution < 1.29 is 31.9 Å². The lowest BCUT2D eigenvalue weighted by Crippen LogP contribution is -2.33. The minimum Gasteiger partial charge on any atom is -0.325 e. The van der Waals surface area contributed by atoms with E-state index in [9.17, 15) is 36.7 Å². The molecule has 1 N–H and O–H groups in total. The van der Waals surface area contributed by atoms with E-state index in [-0.39, 0.29) is 5.03 Å². The van der Waals surface area contributed by atoms with Gasteiger partial charge in [0.05, 0.1) is 22.2 Å². The molecule has 2 aliphatic rings. The fourth-order valence-electron chi connectivity index (χ4n) is 5.41. The van der Waals surface area contributed by atoms with Crippen LogP contribution < -0.4 is 15.1 Å². The van der Waals surface area contributed by atoms with Crippen LogP contribution in [0, 0.1) is 18.7 Å². The number of fused-ring (bicyclic) bond motifs is 2. The predicted molar refractivity (Wildman–Crippen MR) is 154 cm³/mol. The van der Waals surface area contributed by atoms with E-state index in [1.165, 1.54) is 41.0 Å². The topological polar surface area (TPSA) is 88.5 Å². The van der Waals surface area contributed by atoms with Crippen molar-refractivity contribution in [1.82, 2.24) is 4.57 Å². The molecule has 13 heteroatoms. The Labute approximate surface area is 250 Å². The zero-order chi connectivity index (χ0) is 30.6. The molecule has 0 aliphatic carbocycles. The zero-order valence-corrected chi connectivity index (χ0v) is 23.9. The number of alkyl halides is 3. The number of benzene rings is 3. The van der Waals surface area contributed by atoms with Crippen molar-refractivity contribution in [1.29, 1.82) is 0 Å². The van der Waals surface area contributed by atoms with E-state index in [0.717, 1.165) is 40.8 Å². The Hall–Kier alpha value is -4.23. The minimum atomic E-state index is -4.84. The molecule has 2 unspecified atom stereocenters. The van der Waals surface area contributed by atoms with Gasteiger partial charge in [0.25, 0.3) is 0 Å². The Morgan fingerprint density at radius 1 is 0.930 bits per heavy atom. The number of anilines is 2. The van der Waals surface area contributed by atoms with E-state index in [1.54, 1.807) is 12.1 Å². The number of thioether (sulfide) groups is 1. The Bertz CT molecular complexity index is 1820. The van der Waals surface area contributed by atoms with Crippen molar-refractivity contribution in [2.45, 2.75) is 35.8 Å². The molecule has 43 heavy (non-hydrogen) atoms. The number of nitrogens with one attached hydrogen (secondary N) is 1. The molecule has 1 aromatic heterocycles. The summed E-state index contributed by atoms with van der Waals surface area (Å²) >= 11 is 1.66. The van der Waals surface area contributed by atoms with Crippen LogP contribution in [0.25, 0.3) is 0 Å². The van der Waals surface area contributed by atoms with Gasteiger partial charge in [-0.1, -0.05) is 65.1 Å². The van der Waals surface area contributed by atoms with Gasteiger partial charge in [0.2, 0.25) is 17.7 Å². The second-order valence-electron chi connectivity index (χ2n) is 10.2. The summed E-state index contributed by atoms with van der Waals surface area (Å²) in [6.45, 7) is 1.49. The highest BCUT2D eigenvalue weighted by Crippen LogP contribution is 2.54. The maximum Gasteiger partial charge on any atom is 0.418 e. The van der Waals surface area contributed by atoms with Gasteiger partial charge in [-0.15, -0.1) is 0 Å². The Kier molecular flexibility index (Phi) is 7.25. The summed E-state index contributed by atoms with van der Waals surface area (Å²) in [6, 6.07) is 16.5. The number of imide groups is 1. The molecule has 6 rings (SSSR count). The molecule has 0 saturated carbocycles. The van der Waals surface area contributed by atoms with Crippen molar-refractivity contribution >= 4 is 52.2 Å². The molecule has 0 spiro atoms. The highest BCUT2D eigenvalue weighted by Gasteiger charge is 2.57. The van der Waals surface area contributed by atoms with Gasteiger partial charge in [0.15, 0.2) is 0 Å². The number of para-hydroxylation sites is 1. The number of hydrogen-bond acceptors (Lipinski definition) is 6. The van der Waals surface area contributed by atoms with Crippen molar-refractivity contribution in [2.75, 3.05) is 10.2 Å². The highest BCUT2D eigenvalue weighted by molar-refractivity contribution is 8.00. The first-order valence-corrected chi connectivity index (χ1v) is 14.7. The van der Waals surface area contributed by atoms with E-state index in [1.807, 2.05) is 19.1 Å². The average molecular weight is 628 g/mol. The number of carbonyl (C=O) groups excluding carboxylic acids is 3. The summed E-state index contributed by atoms with van der Waals surface area (Å²) in [7, 11) is 0. The van der Waals surface area contributed by atoms with E-state index >= 15 is 0 Å². The molecular weight excluding hydrogens is 606 g/mol. The monoisotopic (exact) mass is 627 g/mol. The average Bonchev–Trinajstić information content (AvgIpc) is 3.40. The maximum absolute atomic E-state index is 13.9.